The molecule has 1 heterocycles. The number of anilines is 1. The lowest BCUT2D eigenvalue weighted by Gasteiger charge is -2.16. The second-order valence-electron chi connectivity index (χ2n) is 7.21. The molecule has 2 rings (SSSR count). The van der Waals surface area contributed by atoms with Crippen LogP contribution in [0.15, 0.2) is 24.3 Å². The van der Waals surface area contributed by atoms with Crippen molar-refractivity contribution in [1.82, 2.24) is 10.3 Å². The molecule has 0 aliphatic heterocycles. The number of pyridine rings is 1. The van der Waals surface area contributed by atoms with E-state index >= 15 is 0 Å². The maximum absolute atomic E-state index is 13.1. The van der Waals surface area contributed by atoms with Gasteiger partial charge in [0.2, 0.25) is 0 Å². The van der Waals surface area contributed by atoms with Gasteiger partial charge in [0.1, 0.15) is 11.3 Å². The average Bonchev–Trinajstić information content (AvgIpc) is 2.71. The predicted molar refractivity (Wildman–Crippen MR) is 116 cm³/mol. The zero-order chi connectivity index (χ0) is 22.4. The molecule has 2 N–H and O–H groups in total. The number of ether oxygens (including phenoxy) is 1. The Morgan fingerprint density at radius 1 is 1.13 bits per heavy atom. The van der Waals surface area contributed by atoms with Crippen molar-refractivity contribution in [3.8, 4) is 0 Å². The zero-order valence-corrected chi connectivity index (χ0v) is 18.5. The minimum absolute atomic E-state index is 0.0212. The number of esters is 1. The van der Waals surface area contributed by atoms with E-state index in [0.717, 1.165) is 0 Å². The third kappa shape index (κ3) is 5.36. The summed E-state index contributed by atoms with van der Waals surface area (Å²) in [4.78, 5) is 42.3. The lowest BCUT2D eigenvalue weighted by Crippen LogP contribution is -2.31. The molecule has 8 heteroatoms. The Balaban J connectivity index is 2.48. The van der Waals surface area contributed by atoms with Crippen LogP contribution >= 0.6 is 11.6 Å². The Bertz CT molecular complexity index is 973. The van der Waals surface area contributed by atoms with Gasteiger partial charge in [-0.2, -0.15) is 0 Å². The lowest BCUT2D eigenvalue weighted by atomic mass is 10.0. The summed E-state index contributed by atoms with van der Waals surface area (Å²) < 4.78 is 4.83. The van der Waals surface area contributed by atoms with E-state index in [0.29, 0.717) is 24.2 Å². The van der Waals surface area contributed by atoms with Crippen molar-refractivity contribution in [2.45, 2.75) is 34.1 Å². The van der Waals surface area contributed by atoms with Gasteiger partial charge in [0.15, 0.2) is 0 Å². The number of methoxy groups -OCH3 is 1. The highest BCUT2D eigenvalue weighted by Gasteiger charge is 2.24. The molecule has 2 aromatic rings. The molecule has 160 valence electrons. The summed E-state index contributed by atoms with van der Waals surface area (Å²) in [5.41, 5.74) is 1.76. The molecule has 1 aromatic carbocycles. The van der Waals surface area contributed by atoms with Crippen molar-refractivity contribution in [1.29, 1.82) is 0 Å². The fourth-order valence-electron chi connectivity index (χ4n) is 2.83. The third-order valence-electron chi connectivity index (χ3n) is 4.41. The van der Waals surface area contributed by atoms with Crippen molar-refractivity contribution >= 4 is 35.1 Å². The predicted octanol–water partition coefficient (Wildman–Crippen LogP) is 4.03. The third-order valence-corrected chi connectivity index (χ3v) is 4.73. The van der Waals surface area contributed by atoms with E-state index < -0.39 is 17.8 Å². The number of carbonyl (C=O) groups excluding carboxylic acids is 3. The smallest absolute Gasteiger partial charge is 0.341 e. The number of nitrogens with one attached hydrogen (secondary N) is 2. The van der Waals surface area contributed by atoms with Crippen LogP contribution in [0, 0.1) is 12.8 Å². The van der Waals surface area contributed by atoms with Crippen molar-refractivity contribution < 1.29 is 19.1 Å². The van der Waals surface area contributed by atoms with E-state index in [1.54, 1.807) is 25.1 Å². The van der Waals surface area contributed by atoms with Crippen LogP contribution in [0.5, 0.6) is 0 Å². The average molecular weight is 432 g/mol. The number of amides is 2. The molecular formula is C22H26ClN3O4. The topological polar surface area (TPSA) is 97.4 Å². The molecular weight excluding hydrogens is 406 g/mol. The second-order valence-corrected chi connectivity index (χ2v) is 7.62. The number of nitrogens with zero attached hydrogens (tertiary/aromatic N) is 1. The monoisotopic (exact) mass is 431 g/mol. The molecule has 0 spiro atoms. The SMILES string of the molecule is CCc1ccc(Cl)c(C(=O)OC)c1NC(=O)c1ccc(C)nc1C(=O)NCC(C)C. The van der Waals surface area contributed by atoms with Crippen LogP contribution < -0.4 is 10.6 Å². The van der Waals surface area contributed by atoms with E-state index in [1.807, 2.05) is 20.8 Å². The number of aryl methyl sites for hydroxylation is 2. The number of hydrogen-bond donors (Lipinski definition) is 2. The molecule has 0 bridgehead atoms. The van der Waals surface area contributed by atoms with Gasteiger partial charge in [0.25, 0.3) is 11.8 Å². The van der Waals surface area contributed by atoms with Crippen LogP contribution in [0.3, 0.4) is 0 Å². The lowest BCUT2D eigenvalue weighted by molar-refractivity contribution is 0.0602. The molecule has 30 heavy (non-hydrogen) atoms. The largest absolute Gasteiger partial charge is 0.465 e. The Kier molecular flexibility index (Phi) is 7.94. The van der Waals surface area contributed by atoms with Crippen molar-refractivity contribution in [3.63, 3.8) is 0 Å². The molecule has 0 saturated heterocycles. The number of halogens is 1. The molecule has 0 saturated carbocycles. The van der Waals surface area contributed by atoms with Gasteiger partial charge >= 0.3 is 5.97 Å². The molecule has 0 aliphatic rings. The maximum Gasteiger partial charge on any atom is 0.341 e. The highest BCUT2D eigenvalue weighted by atomic mass is 35.5. The molecule has 0 radical (unpaired) electrons. The first kappa shape index (κ1) is 23.3. The number of carbonyl (C=O) groups is 3. The van der Waals surface area contributed by atoms with Gasteiger partial charge in [-0.15, -0.1) is 0 Å². The van der Waals surface area contributed by atoms with Gasteiger partial charge in [-0.25, -0.2) is 9.78 Å². The van der Waals surface area contributed by atoms with Gasteiger partial charge in [0.05, 0.1) is 23.4 Å². The van der Waals surface area contributed by atoms with Crippen LogP contribution in [0.4, 0.5) is 5.69 Å². The van der Waals surface area contributed by atoms with Gasteiger partial charge < -0.3 is 15.4 Å². The Hall–Kier alpha value is -2.93. The van der Waals surface area contributed by atoms with Crippen LogP contribution in [-0.2, 0) is 11.2 Å². The van der Waals surface area contributed by atoms with Crippen LogP contribution in [0.25, 0.3) is 0 Å². The highest BCUT2D eigenvalue weighted by Crippen LogP contribution is 2.30. The highest BCUT2D eigenvalue weighted by molar-refractivity contribution is 6.34. The molecule has 0 aliphatic carbocycles. The Morgan fingerprint density at radius 2 is 1.83 bits per heavy atom. The minimum atomic E-state index is -0.664. The van der Waals surface area contributed by atoms with Crippen LogP contribution in [-0.4, -0.2) is 36.4 Å². The fraction of sp³-hybridized carbons (Fsp3) is 0.364. The summed E-state index contributed by atoms with van der Waals surface area (Å²) in [6.45, 7) is 8.02. The summed E-state index contributed by atoms with van der Waals surface area (Å²) in [5.74, 6) is -1.42. The van der Waals surface area contributed by atoms with Crippen LogP contribution in [0.2, 0.25) is 5.02 Å². The second kappa shape index (κ2) is 10.2. The summed E-state index contributed by atoms with van der Waals surface area (Å²) in [5, 5.41) is 5.67. The molecule has 0 atom stereocenters. The normalized spacial score (nSPS) is 10.6. The van der Waals surface area contributed by atoms with E-state index in [-0.39, 0.29) is 33.4 Å². The first-order valence-electron chi connectivity index (χ1n) is 9.66. The minimum Gasteiger partial charge on any atom is -0.465 e. The van der Waals surface area contributed by atoms with E-state index in [1.165, 1.54) is 13.2 Å². The first-order valence-corrected chi connectivity index (χ1v) is 10.0. The summed E-state index contributed by atoms with van der Waals surface area (Å²) in [7, 11) is 1.24. The summed E-state index contributed by atoms with van der Waals surface area (Å²) in [6.07, 6.45) is 0.546. The number of aromatic nitrogens is 1. The number of hydrogen-bond acceptors (Lipinski definition) is 5. The van der Waals surface area contributed by atoms with Crippen LogP contribution in [0.1, 0.15) is 63.2 Å². The molecule has 0 unspecified atom stereocenters. The van der Waals surface area contributed by atoms with Gasteiger partial charge in [-0.3, -0.25) is 9.59 Å². The number of rotatable bonds is 7. The van der Waals surface area contributed by atoms with Gasteiger partial charge in [0, 0.05) is 12.2 Å². The van der Waals surface area contributed by atoms with E-state index in [4.69, 9.17) is 16.3 Å². The molecule has 0 fully saturated rings. The van der Waals surface area contributed by atoms with E-state index in [2.05, 4.69) is 15.6 Å². The quantitative estimate of drug-likeness (QED) is 0.645. The maximum atomic E-state index is 13.1. The van der Waals surface area contributed by atoms with Crippen molar-refractivity contribution in [2.75, 3.05) is 19.0 Å². The van der Waals surface area contributed by atoms with E-state index in [9.17, 15) is 14.4 Å². The zero-order valence-electron chi connectivity index (χ0n) is 17.8. The standard InChI is InChI=1S/C22H26ClN3O4/c1-6-14-8-10-16(23)17(22(29)30-5)18(14)26-20(27)15-9-7-13(4)25-19(15)21(28)24-11-12(2)3/h7-10,12H,6,11H2,1-5H3,(H,24,28)(H,26,27). The number of benzene rings is 1. The summed E-state index contributed by atoms with van der Waals surface area (Å²) in [6, 6.07) is 6.50. The van der Waals surface area contributed by atoms with Crippen molar-refractivity contribution in [2.24, 2.45) is 5.92 Å². The molecule has 2 amide bonds. The first-order chi connectivity index (χ1) is 14.2. The van der Waals surface area contributed by atoms with Crippen molar-refractivity contribution in [3.05, 3.63) is 57.4 Å². The fourth-order valence-corrected chi connectivity index (χ4v) is 3.07. The Labute approximate surface area is 181 Å². The molecule has 7 nitrogen and oxygen atoms in total. The molecule has 1 aromatic heterocycles. The van der Waals surface area contributed by atoms with Gasteiger partial charge in [-0.1, -0.05) is 38.4 Å². The van der Waals surface area contributed by atoms with Gasteiger partial charge in [-0.05, 0) is 43.0 Å². The summed E-state index contributed by atoms with van der Waals surface area (Å²) >= 11 is 6.21. The Morgan fingerprint density at radius 3 is 2.43 bits per heavy atom.